The second-order valence-electron chi connectivity index (χ2n) is 6.04. The monoisotopic (exact) mass is 385 g/mol. The molecule has 2 aromatic rings. The van der Waals surface area contributed by atoms with Crippen LogP contribution in [-0.4, -0.2) is 17.5 Å². The molecule has 2 N–H and O–H groups in total. The molecule has 138 valence electrons. The number of rotatable bonds is 6. The predicted molar refractivity (Wildman–Crippen MR) is 89.7 cm³/mol. The molecule has 3 rings (SSSR count). The lowest BCUT2D eigenvalue weighted by Crippen LogP contribution is -2.26. The molecular formula is C17H15ClF3N3O2. The molecule has 0 spiro atoms. The minimum Gasteiger partial charge on any atom is -0.337 e. The molecule has 1 fully saturated rings. The van der Waals surface area contributed by atoms with Crippen molar-refractivity contribution < 1.29 is 22.8 Å². The van der Waals surface area contributed by atoms with Gasteiger partial charge < -0.3 is 5.32 Å². The van der Waals surface area contributed by atoms with Crippen molar-refractivity contribution in [1.29, 1.82) is 0 Å². The molecule has 1 aliphatic rings. The molecule has 0 unspecified atom stereocenters. The molecule has 0 aliphatic heterocycles. The lowest BCUT2D eigenvalue weighted by atomic mass is 10.1. The highest BCUT2D eigenvalue weighted by molar-refractivity contribution is 6.30. The molecule has 9 heteroatoms. The summed E-state index contributed by atoms with van der Waals surface area (Å²) in [5.74, 6) is -5.11. The van der Waals surface area contributed by atoms with Crippen LogP contribution in [-0.2, 0) is 4.84 Å². The fourth-order valence-corrected chi connectivity index (χ4v) is 2.46. The number of hydroxylamine groups is 1. The Bertz CT molecular complexity index is 860. The lowest BCUT2D eigenvalue weighted by molar-refractivity contribution is 0.0270. The molecule has 0 radical (unpaired) electrons. The van der Waals surface area contributed by atoms with Gasteiger partial charge in [0.1, 0.15) is 5.82 Å². The molecule has 1 amide bonds. The SMILES string of the molecule is Cc1cc(Cl)cnc1Nc1c(C(=O)NOCC2CC2)cc(F)c(F)c1F. The number of anilines is 2. The number of benzene rings is 1. The van der Waals surface area contributed by atoms with Crippen molar-refractivity contribution in [2.45, 2.75) is 19.8 Å². The zero-order valence-corrected chi connectivity index (χ0v) is 14.5. The van der Waals surface area contributed by atoms with Crippen molar-refractivity contribution in [3.63, 3.8) is 0 Å². The average Bonchev–Trinajstić information content (AvgIpc) is 3.41. The van der Waals surface area contributed by atoms with Gasteiger partial charge in [-0.3, -0.25) is 9.63 Å². The lowest BCUT2D eigenvalue weighted by Gasteiger charge is -2.15. The van der Waals surface area contributed by atoms with E-state index < -0.39 is 34.6 Å². The van der Waals surface area contributed by atoms with Crippen molar-refractivity contribution in [3.8, 4) is 0 Å². The van der Waals surface area contributed by atoms with E-state index in [0.29, 0.717) is 29.2 Å². The predicted octanol–water partition coefficient (Wildman–Crippen LogP) is 4.28. The Morgan fingerprint density at radius 2 is 2.04 bits per heavy atom. The first-order chi connectivity index (χ1) is 12.4. The topological polar surface area (TPSA) is 63.2 Å². The number of halogens is 4. The maximum atomic E-state index is 14.3. The Morgan fingerprint density at radius 1 is 1.31 bits per heavy atom. The van der Waals surface area contributed by atoms with Gasteiger partial charge in [-0.15, -0.1) is 0 Å². The van der Waals surface area contributed by atoms with Crippen LogP contribution in [0, 0.1) is 30.3 Å². The van der Waals surface area contributed by atoms with Crippen molar-refractivity contribution >= 4 is 29.0 Å². The van der Waals surface area contributed by atoms with E-state index in [0.717, 1.165) is 12.8 Å². The molecule has 5 nitrogen and oxygen atoms in total. The van der Waals surface area contributed by atoms with E-state index in [-0.39, 0.29) is 5.82 Å². The average molecular weight is 386 g/mol. The number of pyridine rings is 1. The quantitative estimate of drug-likeness (QED) is 0.575. The standard InChI is InChI=1S/C17H15ClF3N3O2/c1-8-4-10(18)6-22-16(8)23-15-11(5-12(19)13(20)14(15)21)17(25)24-26-7-9-2-3-9/h4-6,9H,2-3,7H2,1H3,(H,22,23)(H,24,25). The van der Waals surface area contributed by atoms with Crippen LogP contribution < -0.4 is 10.8 Å². The summed E-state index contributed by atoms with van der Waals surface area (Å²) in [6, 6.07) is 2.15. The zero-order chi connectivity index (χ0) is 18.8. The van der Waals surface area contributed by atoms with Crippen LogP contribution >= 0.6 is 11.6 Å². The third kappa shape index (κ3) is 4.08. The highest BCUT2D eigenvalue weighted by atomic mass is 35.5. The summed E-state index contributed by atoms with van der Waals surface area (Å²) in [6.45, 7) is 1.94. The number of carbonyl (C=O) groups is 1. The number of aryl methyl sites for hydroxylation is 1. The molecule has 1 aromatic heterocycles. The number of amides is 1. The van der Waals surface area contributed by atoms with Crippen LogP contribution in [0.1, 0.15) is 28.8 Å². The third-order valence-electron chi connectivity index (χ3n) is 3.88. The molecule has 26 heavy (non-hydrogen) atoms. The molecule has 0 saturated heterocycles. The van der Waals surface area contributed by atoms with Crippen molar-refractivity contribution in [2.24, 2.45) is 5.92 Å². The van der Waals surface area contributed by atoms with Gasteiger partial charge >= 0.3 is 0 Å². The van der Waals surface area contributed by atoms with Crippen molar-refractivity contribution in [3.05, 3.63) is 51.9 Å². The summed E-state index contributed by atoms with van der Waals surface area (Å²) in [5, 5.41) is 2.88. The number of aromatic nitrogens is 1. The number of nitrogens with one attached hydrogen (secondary N) is 2. The van der Waals surface area contributed by atoms with Gasteiger partial charge in [-0.2, -0.15) is 0 Å². The van der Waals surface area contributed by atoms with E-state index in [1.54, 1.807) is 13.0 Å². The van der Waals surface area contributed by atoms with Crippen LogP contribution in [0.25, 0.3) is 0 Å². The zero-order valence-electron chi connectivity index (χ0n) is 13.7. The van der Waals surface area contributed by atoms with E-state index in [2.05, 4.69) is 15.8 Å². The number of carbonyl (C=O) groups excluding carboxylic acids is 1. The van der Waals surface area contributed by atoms with Gasteiger partial charge in [0.15, 0.2) is 17.5 Å². The molecule has 1 aliphatic carbocycles. The number of hydrogen-bond acceptors (Lipinski definition) is 4. The normalized spacial score (nSPS) is 13.6. The number of nitrogens with zero attached hydrogens (tertiary/aromatic N) is 1. The first kappa shape index (κ1) is 18.5. The summed E-state index contributed by atoms with van der Waals surface area (Å²) in [5.41, 5.74) is 1.65. The summed E-state index contributed by atoms with van der Waals surface area (Å²) in [7, 11) is 0. The van der Waals surface area contributed by atoms with Gasteiger partial charge in [-0.1, -0.05) is 11.6 Å². The Balaban J connectivity index is 1.90. The van der Waals surface area contributed by atoms with Gasteiger partial charge in [0.25, 0.3) is 5.91 Å². The second-order valence-corrected chi connectivity index (χ2v) is 6.47. The van der Waals surface area contributed by atoms with Crippen LogP contribution in [0.5, 0.6) is 0 Å². The largest absolute Gasteiger partial charge is 0.337 e. The fraction of sp³-hybridized carbons (Fsp3) is 0.294. The smallest absolute Gasteiger partial charge is 0.277 e. The minimum atomic E-state index is -1.70. The molecule has 1 heterocycles. The molecule has 0 bridgehead atoms. The van der Waals surface area contributed by atoms with Gasteiger partial charge in [0, 0.05) is 6.20 Å². The minimum absolute atomic E-state index is 0.146. The van der Waals surface area contributed by atoms with Crippen LogP contribution in [0.3, 0.4) is 0 Å². The highest BCUT2D eigenvalue weighted by Crippen LogP contribution is 2.30. The first-order valence-corrected chi connectivity index (χ1v) is 8.23. The van der Waals surface area contributed by atoms with E-state index in [9.17, 15) is 18.0 Å². The van der Waals surface area contributed by atoms with E-state index >= 15 is 0 Å². The first-order valence-electron chi connectivity index (χ1n) is 7.85. The number of hydrogen-bond donors (Lipinski definition) is 2. The second kappa shape index (κ2) is 7.51. The Morgan fingerprint density at radius 3 is 2.69 bits per heavy atom. The summed E-state index contributed by atoms with van der Waals surface area (Å²) < 4.78 is 41.6. The summed E-state index contributed by atoms with van der Waals surface area (Å²) >= 11 is 5.81. The maximum Gasteiger partial charge on any atom is 0.277 e. The Hall–Kier alpha value is -2.32. The van der Waals surface area contributed by atoms with Crippen LogP contribution in [0.4, 0.5) is 24.7 Å². The Labute approximate surface area is 152 Å². The van der Waals surface area contributed by atoms with Gasteiger partial charge in [0.2, 0.25) is 0 Å². The van der Waals surface area contributed by atoms with Gasteiger partial charge in [0.05, 0.1) is 22.9 Å². The summed E-state index contributed by atoms with van der Waals surface area (Å²) in [4.78, 5) is 21.2. The van der Waals surface area contributed by atoms with E-state index in [1.807, 2.05) is 0 Å². The van der Waals surface area contributed by atoms with E-state index in [1.165, 1.54) is 6.20 Å². The van der Waals surface area contributed by atoms with Crippen molar-refractivity contribution in [1.82, 2.24) is 10.5 Å². The molecule has 1 saturated carbocycles. The van der Waals surface area contributed by atoms with Gasteiger partial charge in [-0.05, 0) is 43.4 Å². The molecule has 1 aromatic carbocycles. The Kier molecular flexibility index (Phi) is 5.33. The molecular weight excluding hydrogens is 371 g/mol. The van der Waals surface area contributed by atoms with Crippen LogP contribution in [0.15, 0.2) is 18.3 Å². The van der Waals surface area contributed by atoms with Crippen LogP contribution in [0.2, 0.25) is 5.02 Å². The maximum absolute atomic E-state index is 14.3. The third-order valence-corrected chi connectivity index (χ3v) is 4.08. The van der Waals surface area contributed by atoms with E-state index in [4.69, 9.17) is 16.4 Å². The van der Waals surface area contributed by atoms with Crippen molar-refractivity contribution in [2.75, 3.05) is 11.9 Å². The molecule has 0 atom stereocenters. The highest BCUT2D eigenvalue weighted by Gasteiger charge is 2.25. The fourth-order valence-electron chi connectivity index (χ4n) is 2.25. The summed E-state index contributed by atoms with van der Waals surface area (Å²) in [6.07, 6.45) is 3.31. The van der Waals surface area contributed by atoms with Gasteiger partial charge in [-0.25, -0.2) is 23.6 Å².